The highest BCUT2D eigenvalue weighted by Crippen LogP contribution is 2.18. The van der Waals surface area contributed by atoms with Crippen molar-refractivity contribution in [1.82, 2.24) is 5.32 Å². The van der Waals surface area contributed by atoms with Crippen molar-refractivity contribution in [2.45, 2.75) is 53.0 Å². The molecule has 80 valence electrons. The van der Waals surface area contributed by atoms with Crippen LogP contribution in [0.2, 0.25) is 0 Å². The van der Waals surface area contributed by atoms with Crippen molar-refractivity contribution >= 4 is 0 Å². The minimum atomic E-state index is 0.0694. The number of aliphatic hydroxyl groups is 1. The normalized spacial score (nSPS) is 13.4. The minimum absolute atomic E-state index is 0.0694. The van der Waals surface area contributed by atoms with Crippen LogP contribution in [0.1, 0.15) is 47.5 Å². The Morgan fingerprint density at radius 2 is 1.54 bits per heavy atom. The number of nitrogens with one attached hydrogen (secondary N) is 1. The molecule has 0 fully saturated rings. The summed E-state index contributed by atoms with van der Waals surface area (Å²) < 4.78 is 0. The van der Waals surface area contributed by atoms with Crippen LogP contribution >= 0.6 is 0 Å². The van der Waals surface area contributed by atoms with Gasteiger partial charge in [0.25, 0.3) is 0 Å². The lowest BCUT2D eigenvalue weighted by atomic mass is 9.91. The van der Waals surface area contributed by atoms with Gasteiger partial charge in [-0.3, -0.25) is 0 Å². The summed E-state index contributed by atoms with van der Waals surface area (Å²) >= 11 is 0. The Labute approximate surface area is 82.7 Å². The third-order valence-corrected chi connectivity index (χ3v) is 2.22. The van der Waals surface area contributed by atoms with E-state index in [9.17, 15) is 0 Å². The fourth-order valence-electron chi connectivity index (χ4n) is 1.14. The molecule has 0 saturated carbocycles. The first-order chi connectivity index (χ1) is 5.77. The largest absolute Gasteiger partial charge is 0.396 e. The van der Waals surface area contributed by atoms with Crippen LogP contribution in [-0.2, 0) is 0 Å². The Hall–Kier alpha value is -0.0800. The Morgan fingerprint density at radius 1 is 1.00 bits per heavy atom. The van der Waals surface area contributed by atoms with Gasteiger partial charge in [-0.2, -0.15) is 0 Å². The van der Waals surface area contributed by atoms with Crippen molar-refractivity contribution in [3.05, 3.63) is 0 Å². The summed E-state index contributed by atoms with van der Waals surface area (Å²) in [6.07, 6.45) is 1.99. The lowest BCUT2D eigenvalue weighted by molar-refractivity contribution is 0.225. The van der Waals surface area contributed by atoms with Crippen molar-refractivity contribution in [3.8, 4) is 0 Å². The average Bonchev–Trinajstić information content (AvgIpc) is 1.82. The average molecular weight is 187 g/mol. The molecule has 0 radical (unpaired) electrons. The van der Waals surface area contributed by atoms with E-state index in [1.54, 1.807) is 0 Å². The second kappa shape index (κ2) is 4.97. The molecular weight excluding hydrogens is 162 g/mol. The van der Waals surface area contributed by atoms with Gasteiger partial charge in [-0.05, 0) is 38.6 Å². The fourth-order valence-corrected chi connectivity index (χ4v) is 1.14. The van der Waals surface area contributed by atoms with Gasteiger partial charge in [-0.25, -0.2) is 0 Å². The van der Waals surface area contributed by atoms with Crippen LogP contribution < -0.4 is 5.32 Å². The van der Waals surface area contributed by atoms with Crippen molar-refractivity contribution in [2.24, 2.45) is 5.41 Å². The first-order valence-corrected chi connectivity index (χ1v) is 5.13. The maximum atomic E-state index is 8.82. The van der Waals surface area contributed by atoms with Gasteiger partial charge in [0.2, 0.25) is 0 Å². The van der Waals surface area contributed by atoms with Gasteiger partial charge < -0.3 is 10.4 Å². The first-order valence-electron chi connectivity index (χ1n) is 5.13. The molecular formula is C11H25NO. The molecule has 0 aromatic heterocycles. The zero-order valence-corrected chi connectivity index (χ0v) is 9.78. The number of rotatable bonds is 5. The van der Waals surface area contributed by atoms with E-state index in [2.05, 4.69) is 39.9 Å². The zero-order valence-electron chi connectivity index (χ0n) is 9.78. The second-order valence-corrected chi connectivity index (χ2v) is 5.59. The molecule has 0 spiro atoms. The summed E-state index contributed by atoms with van der Waals surface area (Å²) in [5, 5.41) is 12.3. The highest BCUT2D eigenvalue weighted by Gasteiger charge is 2.17. The van der Waals surface area contributed by atoms with Gasteiger partial charge in [-0.15, -0.1) is 0 Å². The maximum absolute atomic E-state index is 8.82. The Bertz CT molecular complexity index is 136. The van der Waals surface area contributed by atoms with Gasteiger partial charge in [0.1, 0.15) is 0 Å². The molecule has 0 saturated heterocycles. The van der Waals surface area contributed by atoms with Crippen LogP contribution in [-0.4, -0.2) is 23.8 Å². The molecule has 0 unspecified atom stereocenters. The summed E-state index contributed by atoms with van der Waals surface area (Å²) in [6, 6.07) is 0. The molecule has 0 aliphatic heterocycles. The van der Waals surface area contributed by atoms with Gasteiger partial charge in [0.15, 0.2) is 0 Å². The van der Waals surface area contributed by atoms with Crippen LogP contribution in [0.15, 0.2) is 0 Å². The Balaban J connectivity index is 3.63. The molecule has 0 aliphatic rings. The molecule has 2 nitrogen and oxygen atoms in total. The lowest BCUT2D eigenvalue weighted by Crippen LogP contribution is -2.41. The van der Waals surface area contributed by atoms with Crippen molar-refractivity contribution in [1.29, 1.82) is 0 Å². The summed E-state index contributed by atoms with van der Waals surface area (Å²) in [7, 11) is 0. The highest BCUT2D eigenvalue weighted by molar-refractivity contribution is 4.77. The molecule has 13 heavy (non-hydrogen) atoms. The van der Waals surface area contributed by atoms with Crippen LogP contribution in [0, 0.1) is 5.41 Å². The molecule has 2 N–H and O–H groups in total. The summed E-state index contributed by atoms with van der Waals surface area (Å²) in [4.78, 5) is 0. The van der Waals surface area contributed by atoms with Gasteiger partial charge >= 0.3 is 0 Å². The van der Waals surface area contributed by atoms with Crippen molar-refractivity contribution in [3.63, 3.8) is 0 Å². The highest BCUT2D eigenvalue weighted by atomic mass is 16.3. The van der Waals surface area contributed by atoms with Crippen LogP contribution in [0.25, 0.3) is 0 Å². The third-order valence-electron chi connectivity index (χ3n) is 2.22. The third kappa shape index (κ3) is 8.26. The summed E-state index contributed by atoms with van der Waals surface area (Å²) in [5.41, 5.74) is 0.461. The predicted molar refractivity (Wildman–Crippen MR) is 57.9 cm³/mol. The summed E-state index contributed by atoms with van der Waals surface area (Å²) in [6.45, 7) is 12.3. The van der Waals surface area contributed by atoms with Crippen LogP contribution in [0.4, 0.5) is 0 Å². The van der Waals surface area contributed by atoms with E-state index >= 15 is 0 Å². The summed E-state index contributed by atoms with van der Waals surface area (Å²) in [5.74, 6) is 0. The van der Waals surface area contributed by atoms with E-state index in [-0.39, 0.29) is 12.1 Å². The molecule has 0 aromatic rings. The van der Waals surface area contributed by atoms with E-state index in [1.807, 2.05) is 0 Å². The Kier molecular flexibility index (Phi) is 4.93. The van der Waals surface area contributed by atoms with Gasteiger partial charge in [0.05, 0.1) is 0 Å². The maximum Gasteiger partial charge on any atom is 0.0448 e. The molecule has 0 aromatic carbocycles. The SMILES string of the molecule is CC(C)(C)CCNC(C)(C)CCO. The van der Waals surface area contributed by atoms with Crippen molar-refractivity contribution < 1.29 is 5.11 Å². The first kappa shape index (κ1) is 12.9. The van der Waals surface area contributed by atoms with E-state index < -0.39 is 0 Å². The second-order valence-electron chi connectivity index (χ2n) is 5.59. The monoisotopic (exact) mass is 187 g/mol. The topological polar surface area (TPSA) is 32.3 Å². The predicted octanol–water partition coefficient (Wildman–Crippen LogP) is 2.17. The molecule has 0 heterocycles. The van der Waals surface area contributed by atoms with Gasteiger partial charge in [0, 0.05) is 12.1 Å². The van der Waals surface area contributed by atoms with Crippen LogP contribution in [0.5, 0.6) is 0 Å². The number of hydrogen-bond donors (Lipinski definition) is 2. The molecule has 2 heteroatoms. The standard InChI is InChI=1S/C11H25NO/c1-10(2,3)6-8-12-11(4,5)7-9-13/h12-13H,6-9H2,1-5H3. The molecule has 0 bridgehead atoms. The molecule has 0 atom stereocenters. The van der Waals surface area contributed by atoms with Crippen molar-refractivity contribution in [2.75, 3.05) is 13.2 Å². The minimum Gasteiger partial charge on any atom is -0.396 e. The smallest absolute Gasteiger partial charge is 0.0448 e. The number of hydrogen-bond acceptors (Lipinski definition) is 2. The quantitative estimate of drug-likeness (QED) is 0.691. The molecule has 0 aliphatic carbocycles. The lowest BCUT2D eigenvalue weighted by Gasteiger charge is -2.28. The van der Waals surface area contributed by atoms with E-state index in [1.165, 1.54) is 6.42 Å². The molecule has 0 amide bonds. The number of aliphatic hydroxyl groups excluding tert-OH is 1. The zero-order chi connectivity index (χ0) is 10.5. The van der Waals surface area contributed by atoms with Crippen LogP contribution in [0.3, 0.4) is 0 Å². The Morgan fingerprint density at radius 3 is 1.92 bits per heavy atom. The van der Waals surface area contributed by atoms with E-state index in [0.717, 1.165) is 13.0 Å². The van der Waals surface area contributed by atoms with E-state index in [0.29, 0.717) is 5.41 Å². The van der Waals surface area contributed by atoms with Gasteiger partial charge in [-0.1, -0.05) is 20.8 Å². The molecule has 0 rings (SSSR count). The van der Waals surface area contributed by atoms with E-state index in [4.69, 9.17) is 5.11 Å². The fraction of sp³-hybridized carbons (Fsp3) is 1.00.